The first-order chi connectivity index (χ1) is 22.0. The number of benzene rings is 4. The van der Waals surface area contributed by atoms with Gasteiger partial charge in [0, 0.05) is 59.3 Å². The SMILES string of the molecule is COC(OC)c1ccc(/C=C/c2cc(/C=C/c3ccc(C(OC)OC)cc3)cc(/C=C/c3ccc(C(OC)OC)cc3)c2)cc1. The molecule has 0 aliphatic rings. The summed E-state index contributed by atoms with van der Waals surface area (Å²) >= 11 is 0. The Kier molecular flexibility index (Phi) is 13.0. The molecule has 0 unspecified atom stereocenters. The molecule has 0 radical (unpaired) electrons. The van der Waals surface area contributed by atoms with Crippen LogP contribution in [0, 0.1) is 0 Å². The normalized spacial score (nSPS) is 12.2. The zero-order valence-electron chi connectivity index (χ0n) is 26.8. The highest BCUT2D eigenvalue weighted by molar-refractivity contribution is 5.78. The van der Waals surface area contributed by atoms with E-state index in [1.54, 1.807) is 42.7 Å². The Morgan fingerprint density at radius 1 is 0.311 bits per heavy atom. The van der Waals surface area contributed by atoms with E-state index in [0.29, 0.717) is 0 Å². The molecule has 6 nitrogen and oxygen atoms in total. The van der Waals surface area contributed by atoms with E-state index in [4.69, 9.17) is 28.4 Å². The van der Waals surface area contributed by atoms with Crippen molar-refractivity contribution in [1.82, 2.24) is 0 Å². The fraction of sp³-hybridized carbons (Fsp3) is 0.231. The number of methoxy groups -OCH3 is 6. The number of hydrogen-bond acceptors (Lipinski definition) is 6. The van der Waals surface area contributed by atoms with Crippen molar-refractivity contribution in [3.05, 3.63) is 141 Å². The quantitative estimate of drug-likeness (QED) is 0.0994. The molecule has 0 aliphatic carbocycles. The van der Waals surface area contributed by atoms with Crippen LogP contribution in [0.25, 0.3) is 36.5 Å². The molecule has 4 aromatic carbocycles. The van der Waals surface area contributed by atoms with Crippen LogP contribution in [0.4, 0.5) is 0 Å². The second-order valence-corrected chi connectivity index (χ2v) is 10.3. The second kappa shape index (κ2) is 17.4. The summed E-state index contributed by atoms with van der Waals surface area (Å²) in [4.78, 5) is 0. The molecule has 45 heavy (non-hydrogen) atoms. The maximum atomic E-state index is 5.37. The molecule has 0 fully saturated rings. The second-order valence-electron chi connectivity index (χ2n) is 10.3. The third-order valence-electron chi connectivity index (χ3n) is 7.32. The highest BCUT2D eigenvalue weighted by Gasteiger charge is 2.09. The van der Waals surface area contributed by atoms with Crippen LogP contribution in [0.2, 0.25) is 0 Å². The number of ether oxygens (including phenoxy) is 6. The molecule has 0 heterocycles. The van der Waals surface area contributed by atoms with Gasteiger partial charge in [-0.2, -0.15) is 0 Å². The minimum atomic E-state index is -0.379. The molecular formula is C39H42O6. The monoisotopic (exact) mass is 606 g/mol. The molecule has 4 aromatic rings. The Balaban J connectivity index is 1.60. The van der Waals surface area contributed by atoms with E-state index in [2.05, 4.69) is 91.1 Å². The van der Waals surface area contributed by atoms with E-state index in [1.165, 1.54) is 0 Å². The maximum absolute atomic E-state index is 5.37. The van der Waals surface area contributed by atoms with Gasteiger partial charge in [-0.25, -0.2) is 0 Å². The molecule has 0 bridgehead atoms. The predicted molar refractivity (Wildman–Crippen MR) is 183 cm³/mol. The summed E-state index contributed by atoms with van der Waals surface area (Å²) in [6, 6.07) is 31.0. The fourth-order valence-corrected chi connectivity index (χ4v) is 4.97. The van der Waals surface area contributed by atoms with Gasteiger partial charge in [0.25, 0.3) is 0 Å². The lowest BCUT2D eigenvalue weighted by Crippen LogP contribution is -2.03. The molecule has 4 rings (SSSR count). The van der Waals surface area contributed by atoms with E-state index in [9.17, 15) is 0 Å². The van der Waals surface area contributed by atoms with Gasteiger partial charge in [0.05, 0.1) is 0 Å². The summed E-state index contributed by atoms with van der Waals surface area (Å²) in [5, 5.41) is 0. The molecule has 0 saturated heterocycles. The molecular weight excluding hydrogens is 564 g/mol. The van der Waals surface area contributed by atoms with Crippen molar-refractivity contribution in [2.75, 3.05) is 42.7 Å². The summed E-state index contributed by atoms with van der Waals surface area (Å²) in [6.45, 7) is 0. The fourth-order valence-electron chi connectivity index (χ4n) is 4.97. The summed E-state index contributed by atoms with van der Waals surface area (Å²) in [6.07, 6.45) is 11.6. The lowest BCUT2D eigenvalue weighted by atomic mass is 10.0. The molecule has 0 aliphatic heterocycles. The molecule has 0 atom stereocenters. The summed E-state index contributed by atoms with van der Waals surface area (Å²) in [5.74, 6) is 0. The van der Waals surface area contributed by atoms with Gasteiger partial charge in [0.1, 0.15) is 0 Å². The summed E-state index contributed by atoms with van der Waals surface area (Å²) in [7, 11) is 9.81. The summed E-state index contributed by atoms with van der Waals surface area (Å²) < 4.78 is 32.2. The van der Waals surface area contributed by atoms with Crippen LogP contribution in [0.5, 0.6) is 0 Å². The van der Waals surface area contributed by atoms with Crippen molar-refractivity contribution < 1.29 is 28.4 Å². The van der Waals surface area contributed by atoms with Crippen LogP contribution in [0.1, 0.15) is 68.9 Å². The highest BCUT2D eigenvalue weighted by atomic mass is 16.7. The molecule has 0 N–H and O–H groups in total. The van der Waals surface area contributed by atoms with E-state index in [0.717, 1.165) is 50.1 Å². The van der Waals surface area contributed by atoms with E-state index < -0.39 is 0 Å². The Morgan fingerprint density at radius 3 is 0.711 bits per heavy atom. The van der Waals surface area contributed by atoms with E-state index in [-0.39, 0.29) is 18.9 Å². The minimum Gasteiger partial charge on any atom is -0.352 e. The van der Waals surface area contributed by atoms with Gasteiger partial charge in [-0.05, 0) is 51.6 Å². The molecule has 0 saturated carbocycles. The molecule has 0 spiro atoms. The summed E-state index contributed by atoms with van der Waals surface area (Å²) in [5.41, 5.74) is 9.42. The third-order valence-corrected chi connectivity index (χ3v) is 7.32. The predicted octanol–water partition coefficient (Wildman–Crippen LogP) is 9.07. The van der Waals surface area contributed by atoms with Crippen molar-refractivity contribution in [2.45, 2.75) is 18.9 Å². The van der Waals surface area contributed by atoms with Gasteiger partial charge in [0.2, 0.25) is 0 Å². The van der Waals surface area contributed by atoms with Gasteiger partial charge in [-0.3, -0.25) is 0 Å². The zero-order chi connectivity index (χ0) is 32.0. The van der Waals surface area contributed by atoms with Gasteiger partial charge in [0.15, 0.2) is 18.9 Å². The van der Waals surface area contributed by atoms with Crippen molar-refractivity contribution in [3.8, 4) is 0 Å². The van der Waals surface area contributed by atoms with Crippen molar-refractivity contribution in [3.63, 3.8) is 0 Å². The smallest absolute Gasteiger partial charge is 0.183 e. The topological polar surface area (TPSA) is 55.4 Å². The standard InChI is InChI=1S/C39H42O6/c1-40-37(41-2)34-19-13-28(14-20-34)7-10-31-25-32(11-8-29-15-21-35(22-16-29)38(42-3)43-4)27-33(26-31)12-9-30-17-23-36(24-18-30)39(44-5)45-6/h7-27,37-39H,1-6H3/b10-7+,11-8+,12-9+. The van der Waals surface area contributed by atoms with Crippen LogP contribution in [-0.4, -0.2) is 42.7 Å². The third kappa shape index (κ3) is 9.67. The Bertz CT molecular complexity index is 1340. The lowest BCUT2D eigenvalue weighted by molar-refractivity contribution is -0.106. The largest absolute Gasteiger partial charge is 0.352 e. The van der Waals surface area contributed by atoms with Gasteiger partial charge in [-0.15, -0.1) is 0 Å². The van der Waals surface area contributed by atoms with Gasteiger partial charge < -0.3 is 28.4 Å². The Hall–Kier alpha value is -4.14. The molecule has 234 valence electrons. The van der Waals surface area contributed by atoms with E-state index in [1.807, 2.05) is 36.4 Å². The van der Waals surface area contributed by atoms with Gasteiger partial charge >= 0.3 is 0 Å². The number of rotatable bonds is 15. The minimum absolute atomic E-state index is 0.379. The van der Waals surface area contributed by atoms with Crippen molar-refractivity contribution in [1.29, 1.82) is 0 Å². The molecule has 0 aromatic heterocycles. The Morgan fingerprint density at radius 2 is 0.511 bits per heavy atom. The maximum Gasteiger partial charge on any atom is 0.183 e. The Labute approximate surface area is 267 Å². The van der Waals surface area contributed by atoms with E-state index >= 15 is 0 Å². The van der Waals surface area contributed by atoms with Crippen LogP contribution >= 0.6 is 0 Å². The lowest BCUT2D eigenvalue weighted by Gasteiger charge is -2.13. The van der Waals surface area contributed by atoms with Gasteiger partial charge in [-0.1, -0.05) is 109 Å². The van der Waals surface area contributed by atoms with Crippen molar-refractivity contribution >= 4 is 36.5 Å². The zero-order valence-corrected chi connectivity index (χ0v) is 26.8. The average Bonchev–Trinajstić information content (AvgIpc) is 3.09. The van der Waals surface area contributed by atoms with Crippen LogP contribution in [-0.2, 0) is 28.4 Å². The first-order valence-corrected chi connectivity index (χ1v) is 14.7. The van der Waals surface area contributed by atoms with Crippen LogP contribution in [0.15, 0.2) is 91.0 Å². The van der Waals surface area contributed by atoms with Crippen molar-refractivity contribution in [2.24, 2.45) is 0 Å². The van der Waals surface area contributed by atoms with Crippen LogP contribution < -0.4 is 0 Å². The highest BCUT2D eigenvalue weighted by Crippen LogP contribution is 2.23. The first-order valence-electron chi connectivity index (χ1n) is 14.7. The molecule has 0 amide bonds. The van der Waals surface area contributed by atoms with Crippen LogP contribution in [0.3, 0.4) is 0 Å². The molecule has 6 heteroatoms. The average molecular weight is 607 g/mol. The number of hydrogen-bond donors (Lipinski definition) is 0. The first kappa shape index (κ1) is 33.7.